The van der Waals surface area contributed by atoms with E-state index < -0.39 is 5.41 Å². The van der Waals surface area contributed by atoms with Crippen LogP contribution in [0.1, 0.15) is 39.2 Å². The van der Waals surface area contributed by atoms with E-state index in [1.165, 1.54) is 5.56 Å². The Labute approximate surface area is 142 Å². The quantitative estimate of drug-likeness (QED) is 0.761. The molecule has 0 aliphatic carbocycles. The summed E-state index contributed by atoms with van der Waals surface area (Å²) in [6, 6.07) is 8.18. The van der Waals surface area contributed by atoms with Crippen LogP contribution >= 0.6 is 28.3 Å². The van der Waals surface area contributed by atoms with E-state index >= 15 is 0 Å². The van der Waals surface area contributed by atoms with Gasteiger partial charge in [0.25, 0.3) is 0 Å². The lowest BCUT2D eigenvalue weighted by atomic mass is 9.81. The number of nitrogens with two attached hydrogens (primary N) is 1. The van der Waals surface area contributed by atoms with Crippen LogP contribution in [0.25, 0.3) is 0 Å². The molecule has 0 aliphatic heterocycles. The monoisotopic (exact) mass is 376 g/mol. The molecular weight excluding hydrogens is 352 g/mol. The molecular formula is C16H26BrClN2O. The Bertz CT molecular complexity index is 441. The Kier molecular flexibility index (Phi) is 9.18. The summed E-state index contributed by atoms with van der Waals surface area (Å²) in [5, 5.41) is 3.11. The third kappa shape index (κ3) is 5.28. The van der Waals surface area contributed by atoms with Gasteiger partial charge in [-0.3, -0.25) is 4.79 Å². The number of amides is 1. The predicted octanol–water partition coefficient (Wildman–Crippen LogP) is 3.68. The number of hydrogen-bond donors (Lipinski definition) is 2. The molecule has 3 N–H and O–H groups in total. The summed E-state index contributed by atoms with van der Waals surface area (Å²) in [6.45, 7) is 6.47. The van der Waals surface area contributed by atoms with Crippen LogP contribution in [0.3, 0.4) is 0 Å². The topological polar surface area (TPSA) is 55.1 Å². The number of benzene rings is 1. The summed E-state index contributed by atoms with van der Waals surface area (Å²) in [4.78, 5) is 12.4. The Morgan fingerprint density at radius 1 is 1.33 bits per heavy atom. The van der Waals surface area contributed by atoms with E-state index in [0.717, 1.165) is 23.7 Å². The maximum atomic E-state index is 12.4. The molecule has 1 atom stereocenters. The van der Waals surface area contributed by atoms with Crippen molar-refractivity contribution in [1.29, 1.82) is 0 Å². The molecule has 0 spiro atoms. The van der Waals surface area contributed by atoms with Crippen molar-refractivity contribution >= 4 is 34.2 Å². The van der Waals surface area contributed by atoms with Gasteiger partial charge in [-0.2, -0.15) is 0 Å². The fourth-order valence-corrected chi connectivity index (χ4v) is 2.82. The molecule has 0 heterocycles. The van der Waals surface area contributed by atoms with Gasteiger partial charge < -0.3 is 11.1 Å². The Balaban J connectivity index is 0.00000400. The molecule has 0 fully saturated rings. The molecule has 0 radical (unpaired) electrons. The Morgan fingerprint density at radius 2 is 1.90 bits per heavy atom. The van der Waals surface area contributed by atoms with Crippen LogP contribution in [0.4, 0.5) is 0 Å². The molecule has 5 heteroatoms. The number of carbonyl (C=O) groups excluding carboxylic acids is 1. The SMILES string of the molecule is CCC(CC)(CN)C(=O)NC(C)Cc1ccccc1Br.Cl. The van der Waals surface area contributed by atoms with Crippen molar-refractivity contribution in [2.24, 2.45) is 11.1 Å². The summed E-state index contributed by atoms with van der Waals surface area (Å²) in [7, 11) is 0. The van der Waals surface area contributed by atoms with Gasteiger partial charge in [0.05, 0.1) is 5.41 Å². The molecule has 1 aromatic carbocycles. The second-order valence-corrected chi connectivity index (χ2v) is 6.22. The standard InChI is InChI=1S/C16H25BrN2O.ClH/c1-4-16(5-2,11-18)15(20)19-12(3)10-13-8-6-7-9-14(13)17;/h6-9,12H,4-5,10-11,18H2,1-3H3,(H,19,20);1H. The van der Waals surface area contributed by atoms with Crippen LogP contribution < -0.4 is 11.1 Å². The van der Waals surface area contributed by atoms with E-state index in [2.05, 4.69) is 27.3 Å². The Hall–Kier alpha value is -0.580. The second kappa shape index (κ2) is 9.44. The molecule has 1 rings (SSSR count). The van der Waals surface area contributed by atoms with E-state index in [9.17, 15) is 4.79 Å². The molecule has 3 nitrogen and oxygen atoms in total. The van der Waals surface area contributed by atoms with Gasteiger partial charge in [-0.05, 0) is 37.8 Å². The minimum atomic E-state index is -0.428. The highest BCUT2D eigenvalue weighted by Gasteiger charge is 2.33. The summed E-state index contributed by atoms with van der Waals surface area (Å²) in [5.74, 6) is 0.0737. The van der Waals surface area contributed by atoms with Crippen molar-refractivity contribution in [3.05, 3.63) is 34.3 Å². The van der Waals surface area contributed by atoms with Crippen molar-refractivity contribution in [3.63, 3.8) is 0 Å². The van der Waals surface area contributed by atoms with E-state index in [1.807, 2.05) is 39.0 Å². The minimum absolute atomic E-state index is 0. The third-order valence-corrected chi connectivity index (χ3v) is 4.86. The maximum Gasteiger partial charge on any atom is 0.227 e. The lowest BCUT2D eigenvalue weighted by molar-refractivity contribution is -0.131. The van der Waals surface area contributed by atoms with Gasteiger partial charge in [-0.25, -0.2) is 0 Å². The lowest BCUT2D eigenvalue weighted by Gasteiger charge is -2.30. The van der Waals surface area contributed by atoms with Crippen LogP contribution in [0.5, 0.6) is 0 Å². The summed E-state index contributed by atoms with van der Waals surface area (Å²) >= 11 is 3.54. The predicted molar refractivity (Wildman–Crippen MR) is 94.8 cm³/mol. The largest absolute Gasteiger partial charge is 0.353 e. The van der Waals surface area contributed by atoms with Crippen molar-refractivity contribution in [2.45, 2.75) is 46.1 Å². The van der Waals surface area contributed by atoms with E-state index in [0.29, 0.717) is 6.54 Å². The lowest BCUT2D eigenvalue weighted by Crippen LogP contribution is -2.48. The van der Waals surface area contributed by atoms with E-state index in [4.69, 9.17) is 5.73 Å². The smallest absolute Gasteiger partial charge is 0.227 e. The van der Waals surface area contributed by atoms with Gasteiger partial charge in [0.1, 0.15) is 0 Å². The summed E-state index contributed by atoms with van der Waals surface area (Å²) < 4.78 is 1.08. The van der Waals surface area contributed by atoms with Gasteiger partial charge in [-0.1, -0.05) is 48.0 Å². The van der Waals surface area contributed by atoms with Crippen molar-refractivity contribution in [1.82, 2.24) is 5.32 Å². The van der Waals surface area contributed by atoms with Crippen LogP contribution in [0, 0.1) is 5.41 Å². The number of halogens is 2. The molecule has 0 saturated heterocycles. The van der Waals surface area contributed by atoms with E-state index in [-0.39, 0.29) is 24.4 Å². The zero-order valence-corrected chi connectivity index (χ0v) is 15.4. The molecule has 1 unspecified atom stereocenters. The van der Waals surface area contributed by atoms with Gasteiger partial charge in [0.2, 0.25) is 5.91 Å². The van der Waals surface area contributed by atoms with Crippen LogP contribution in [0.15, 0.2) is 28.7 Å². The summed E-state index contributed by atoms with van der Waals surface area (Å²) in [5.41, 5.74) is 6.59. The minimum Gasteiger partial charge on any atom is -0.353 e. The number of hydrogen-bond acceptors (Lipinski definition) is 2. The number of rotatable bonds is 7. The molecule has 1 amide bonds. The third-order valence-electron chi connectivity index (χ3n) is 4.09. The first-order chi connectivity index (χ1) is 9.49. The molecule has 120 valence electrons. The average molecular weight is 378 g/mol. The average Bonchev–Trinajstić information content (AvgIpc) is 2.44. The highest BCUT2D eigenvalue weighted by molar-refractivity contribution is 9.10. The second-order valence-electron chi connectivity index (χ2n) is 5.36. The highest BCUT2D eigenvalue weighted by Crippen LogP contribution is 2.25. The first-order valence-corrected chi connectivity index (χ1v) is 8.02. The van der Waals surface area contributed by atoms with Crippen LogP contribution in [0.2, 0.25) is 0 Å². The number of nitrogens with one attached hydrogen (secondary N) is 1. The maximum absolute atomic E-state index is 12.4. The zero-order valence-electron chi connectivity index (χ0n) is 13.0. The van der Waals surface area contributed by atoms with Gasteiger partial charge in [-0.15, -0.1) is 12.4 Å². The molecule has 0 aromatic heterocycles. The van der Waals surface area contributed by atoms with E-state index in [1.54, 1.807) is 0 Å². The molecule has 0 aliphatic rings. The van der Waals surface area contributed by atoms with Gasteiger partial charge >= 0.3 is 0 Å². The molecule has 1 aromatic rings. The first-order valence-electron chi connectivity index (χ1n) is 7.23. The van der Waals surface area contributed by atoms with Crippen molar-refractivity contribution in [3.8, 4) is 0 Å². The Morgan fingerprint density at radius 3 is 2.38 bits per heavy atom. The normalized spacial score (nSPS) is 12.4. The zero-order chi connectivity index (χ0) is 15.2. The molecule has 21 heavy (non-hydrogen) atoms. The van der Waals surface area contributed by atoms with Crippen LogP contribution in [-0.4, -0.2) is 18.5 Å². The van der Waals surface area contributed by atoms with Crippen LogP contribution in [-0.2, 0) is 11.2 Å². The van der Waals surface area contributed by atoms with Crippen molar-refractivity contribution < 1.29 is 4.79 Å². The van der Waals surface area contributed by atoms with Gasteiger partial charge in [0, 0.05) is 17.1 Å². The first kappa shape index (κ1) is 20.4. The fourth-order valence-electron chi connectivity index (χ4n) is 2.37. The van der Waals surface area contributed by atoms with Crippen molar-refractivity contribution in [2.75, 3.05) is 6.54 Å². The number of carbonyl (C=O) groups is 1. The molecule has 0 bridgehead atoms. The fraction of sp³-hybridized carbons (Fsp3) is 0.562. The summed E-state index contributed by atoms with van der Waals surface area (Å²) in [6.07, 6.45) is 2.35. The van der Waals surface area contributed by atoms with Gasteiger partial charge in [0.15, 0.2) is 0 Å². The highest BCUT2D eigenvalue weighted by atomic mass is 79.9. The molecule has 0 saturated carbocycles.